The van der Waals surface area contributed by atoms with Crippen molar-refractivity contribution >= 4 is 22.8 Å². The van der Waals surface area contributed by atoms with Crippen LogP contribution in [0, 0.1) is 11.2 Å². The van der Waals surface area contributed by atoms with E-state index in [0.29, 0.717) is 5.65 Å². The Bertz CT molecular complexity index is 1110. The number of amides is 2. The topological polar surface area (TPSA) is 63.1 Å². The maximum Gasteiger partial charge on any atom is 0.322 e. The summed E-state index contributed by atoms with van der Waals surface area (Å²) in [5.41, 5.74) is 2.04. The first-order valence-corrected chi connectivity index (χ1v) is 9.57. The normalized spacial score (nSPS) is 15.9. The van der Waals surface area contributed by atoms with Crippen molar-refractivity contribution in [2.45, 2.75) is 33.1 Å². The van der Waals surface area contributed by atoms with Crippen LogP contribution in [0.5, 0.6) is 0 Å². The lowest BCUT2D eigenvalue weighted by molar-refractivity contribution is -0.107. The Kier molecular flexibility index (Phi) is 4.71. The molecule has 1 N–H and O–H groups in total. The van der Waals surface area contributed by atoms with Crippen molar-refractivity contribution in [3.63, 3.8) is 0 Å². The van der Waals surface area contributed by atoms with Crippen LogP contribution in [0.3, 0.4) is 0 Å². The second-order valence-electron chi connectivity index (χ2n) is 8.88. The van der Waals surface area contributed by atoms with E-state index in [2.05, 4.69) is 36.2 Å². The van der Waals surface area contributed by atoms with Crippen molar-refractivity contribution in [2.75, 3.05) is 18.4 Å². The van der Waals surface area contributed by atoms with E-state index in [1.807, 2.05) is 6.07 Å². The van der Waals surface area contributed by atoms with Crippen LogP contribution in [0.15, 0.2) is 36.7 Å². The number of anilines is 1. The summed E-state index contributed by atoms with van der Waals surface area (Å²) in [5.74, 6) is -3.38. The summed E-state index contributed by atoms with van der Waals surface area (Å²) in [4.78, 5) is 17.4. The largest absolute Gasteiger partial charge is 0.322 e. The zero-order chi connectivity index (χ0) is 21.7. The van der Waals surface area contributed by atoms with Gasteiger partial charge in [-0.25, -0.2) is 27.6 Å². The molecule has 0 unspecified atom stereocenters. The molecule has 30 heavy (non-hydrogen) atoms. The highest BCUT2D eigenvalue weighted by Gasteiger charge is 2.46. The quantitative estimate of drug-likeness (QED) is 0.676. The first-order chi connectivity index (χ1) is 14.0. The van der Waals surface area contributed by atoms with Gasteiger partial charge in [-0.05, 0) is 41.7 Å². The van der Waals surface area contributed by atoms with E-state index in [4.69, 9.17) is 0 Å². The molecule has 158 valence electrons. The second-order valence-corrected chi connectivity index (χ2v) is 8.88. The van der Waals surface area contributed by atoms with Crippen LogP contribution in [0.4, 0.5) is 23.7 Å². The zero-order valence-corrected chi connectivity index (χ0v) is 16.9. The smallest absolute Gasteiger partial charge is 0.312 e. The molecule has 2 amide bonds. The van der Waals surface area contributed by atoms with Gasteiger partial charge in [0, 0.05) is 23.5 Å². The minimum absolute atomic E-state index is 0.102. The molecule has 1 aliphatic heterocycles. The second kappa shape index (κ2) is 7.00. The fraction of sp³-hybridized carbons (Fsp3) is 0.381. The molecule has 0 spiro atoms. The van der Waals surface area contributed by atoms with Crippen LogP contribution in [0.1, 0.15) is 26.3 Å². The third-order valence-electron chi connectivity index (χ3n) is 4.73. The number of urea groups is 1. The van der Waals surface area contributed by atoms with Gasteiger partial charge in [0.1, 0.15) is 11.5 Å². The lowest BCUT2D eigenvalue weighted by Crippen LogP contribution is -2.59. The van der Waals surface area contributed by atoms with E-state index in [-0.39, 0.29) is 16.8 Å². The van der Waals surface area contributed by atoms with Crippen LogP contribution in [-0.4, -0.2) is 44.7 Å². The SMILES string of the molecule is CC(C)(C)Cc1cnc2nn(-c3cc(NC(=O)N4CC(F)(F)C4)ccc3F)cc2c1. The monoisotopic (exact) mass is 417 g/mol. The van der Waals surface area contributed by atoms with Gasteiger partial charge >= 0.3 is 6.03 Å². The summed E-state index contributed by atoms with van der Waals surface area (Å²) in [6.45, 7) is 5.16. The Labute approximate surface area is 171 Å². The highest BCUT2D eigenvalue weighted by molar-refractivity contribution is 5.90. The Morgan fingerprint density at radius 1 is 1.23 bits per heavy atom. The van der Waals surface area contributed by atoms with Gasteiger partial charge in [0.2, 0.25) is 0 Å². The average Bonchev–Trinajstić information content (AvgIpc) is 3.02. The molecule has 3 heterocycles. The summed E-state index contributed by atoms with van der Waals surface area (Å²) in [5, 5.41) is 7.62. The molecule has 3 aromatic rings. The molecule has 0 atom stereocenters. The van der Waals surface area contributed by atoms with Gasteiger partial charge in [0.25, 0.3) is 5.92 Å². The number of nitrogens with one attached hydrogen (secondary N) is 1. The van der Waals surface area contributed by atoms with Crippen molar-refractivity contribution in [1.29, 1.82) is 0 Å². The number of alkyl halides is 2. The Morgan fingerprint density at radius 3 is 2.63 bits per heavy atom. The third kappa shape index (κ3) is 4.24. The molecule has 4 rings (SSSR count). The fourth-order valence-corrected chi connectivity index (χ4v) is 3.42. The first kappa shape index (κ1) is 20.2. The molecule has 1 saturated heterocycles. The summed E-state index contributed by atoms with van der Waals surface area (Å²) < 4.78 is 41.7. The Hall–Kier alpha value is -3.10. The number of halogens is 3. The number of nitrogens with zero attached hydrogens (tertiary/aromatic N) is 4. The van der Waals surface area contributed by atoms with E-state index in [1.165, 1.54) is 22.9 Å². The highest BCUT2D eigenvalue weighted by atomic mass is 19.3. The van der Waals surface area contributed by atoms with Crippen molar-refractivity contribution < 1.29 is 18.0 Å². The minimum Gasteiger partial charge on any atom is -0.312 e. The minimum atomic E-state index is -2.85. The Morgan fingerprint density at radius 2 is 1.97 bits per heavy atom. The van der Waals surface area contributed by atoms with Crippen molar-refractivity contribution in [1.82, 2.24) is 19.7 Å². The Balaban J connectivity index is 1.58. The predicted octanol–water partition coefficient (Wildman–Crippen LogP) is 4.63. The number of carbonyl (C=O) groups excluding carboxylic acids is 1. The van der Waals surface area contributed by atoms with E-state index < -0.39 is 30.9 Å². The number of likely N-dealkylation sites (tertiary alicyclic amines) is 1. The van der Waals surface area contributed by atoms with Crippen LogP contribution >= 0.6 is 0 Å². The van der Waals surface area contributed by atoms with E-state index in [1.54, 1.807) is 12.4 Å². The number of carbonyl (C=O) groups is 1. The molecule has 0 aliphatic carbocycles. The van der Waals surface area contributed by atoms with Gasteiger partial charge in [-0.2, -0.15) is 0 Å². The first-order valence-electron chi connectivity index (χ1n) is 9.57. The van der Waals surface area contributed by atoms with Crippen LogP contribution in [-0.2, 0) is 6.42 Å². The summed E-state index contributed by atoms with van der Waals surface area (Å²) in [7, 11) is 0. The molecule has 0 radical (unpaired) electrons. The maximum absolute atomic E-state index is 14.5. The lowest BCUT2D eigenvalue weighted by atomic mass is 9.89. The number of pyridine rings is 1. The third-order valence-corrected chi connectivity index (χ3v) is 4.73. The van der Waals surface area contributed by atoms with Crippen LogP contribution in [0.2, 0.25) is 0 Å². The predicted molar refractivity (Wildman–Crippen MR) is 108 cm³/mol. The van der Waals surface area contributed by atoms with Crippen LogP contribution < -0.4 is 5.32 Å². The summed E-state index contributed by atoms with van der Waals surface area (Å²) >= 11 is 0. The number of hydrogen-bond acceptors (Lipinski definition) is 3. The summed E-state index contributed by atoms with van der Waals surface area (Å²) in [6, 6.07) is 5.30. The molecule has 1 aliphatic rings. The number of benzene rings is 1. The maximum atomic E-state index is 14.5. The molecule has 9 heteroatoms. The van der Waals surface area contributed by atoms with Crippen molar-refractivity contribution in [2.24, 2.45) is 5.41 Å². The van der Waals surface area contributed by atoms with Gasteiger partial charge in [0.05, 0.1) is 13.1 Å². The van der Waals surface area contributed by atoms with Gasteiger partial charge in [0.15, 0.2) is 5.65 Å². The molecular formula is C21H22F3N5O. The van der Waals surface area contributed by atoms with Gasteiger partial charge in [-0.1, -0.05) is 20.8 Å². The standard InChI is InChI=1S/C21H22F3N5O/c1-20(2,3)8-13-6-14-10-29(27-18(14)25-9-13)17-7-15(4-5-16(17)22)26-19(30)28-11-21(23,24)12-28/h4-7,9-10H,8,11-12H2,1-3H3,(H,26,30). The average molecular weight is 417 g/mol. The fourth-order valence-electron chi connectivity index (χ4n) is 3.42. The number of fused-ring (bicyclic) bond motifs is 1. The molecule has 0 bridgehead atoms. The zero-order valence-electron chi connectivity index (χ0n) is 16.9. The number of rotatable bonds is 3. The van der Waals surface area contributed by atoms with E-state index >= 15 is 0 Å². The van der Waals surface area contributed by atoms with E-state index in [0.717, 1.165) is 22.3 Å². The van der Waals surface area contributed by atoms with Gasteiger partial charge < -0.3 is 10.2 Å². The summed E-state index contributed by atoms with van der Waals surface area (Å²) in [6.07, 6.45) is 4.28. The van der Waals surface area contributed by atoms with Gasteiger partial charge in [-0.15, -0.1) is 5.10 Å². The lowest BCUT2D eigenvalue weighted by Gasteiger charge is -2.38. The molecular weight excluding hydrogens is 395 g/mol. The number of hydrogen-bond donors (Lipinski definition) is 1. The van der Waals surface area contributed by atoms with Crippen molar-refractivity contribution in [3.05, 3.63) is 48.0 Å². The van der Waals surface area contributed by atoms with E-state index in [9.17, 15) is 18.0 Å². The van der Waals surface area contributed by atoms with Gasteiger partial charge in [-0.3, -0.25) is 0 Å². The van der Waals surface area contributed by atoms with Crippen molar-refractivity contribution in [3.8, 4) is 5.69 Å². The molecule has 6 nitrogen and oxygen atoms in total. The molecule has 1 fully saturated rings. The molecule has 0 saturated carbocycles. The van der Waals surface area contributed by atoms with Crippen LogP contribution in [0.25, 0.3) is 16.7 Å². The molecule has 1 aromatic carbocycles. The number of aromatic nitrogens is 3. The molecule has 2 aromatic heterocycles. The highest BCUT2D eigenvalue weighted by Crippen LogP contribution is 2.28.